The molecule has 4 nitrogen and oxygen atoms in total. The number of hydrogen-bond acceptors (Lipinski definition) is 4. The predicted octanol–water partition coefficient (Wildman–Crippen LogP) is 11.9. The number of rotatable bonds is 4. The van der Waals surface area contributed by atoms with E-state index in [-0.39, 0.29) is 0 Å². The predicted molar refractivity (Wildman–Crippen MR) is 201 cm³/mol. The van der Waals surface area contributed by atoms with E-state index in [4.69, 9.17) is 19.4 Å². The first-order chi connectivity index (χ1) is 24.3. The Balaban J connectivity index is 1.18. The van der Waals surface area contributed by atoms with E-state index in [9.17, 15) is 0 Å². The third-order valence-electron chi connectivity index (χ3n) is 9.52. The number of benzene rings is 8. The fraction of sp³-hybridized carbons (Fsp3) is 0. The van der Waals surface area contributed by atoms with E-state index in [0.717, 1.165) is 65.9 Å². The largest absolute Gasteiger partial charge is 0.455 e. The number of para-hydroxylation sites is 2. The lowest BCUT2D eigenvalue weighted by Gasteiger charge is -2.14. The van der Waals surface area contributed by atoms with Gasteiger partial charge in [0.25, 0.3) is 0 Å². The van der Waals surface area contributed by atoms with Crippen molar-refractivity contribution in [3.63, 3.8) is 0 Å². The summed E-state index contributed by atoms with van der Waals surface area (Å²) >= 11 is 0. The van der Waals surface area contributed by atoms with Crippen molar-refractivity contribution < 1.29 is 4.42 Å². The highest BCUT2D eigenvalue weighted by Crippen LogP contribution is 2.40. The molecule has 0 aliphatic heterocycles. The Morgan fingerprint density at radius 3 is 1.78 bits per heavy atom. The quantitative estimate of drug-likeness (QED) is 0.144. The Labute approximate surface area is 282 Å². The molecule has 10 aromatic rings. The molecule has 8 aromatic carbocycles. The topological polar surface area (TPSA) is 51.8 Å². The average Bonchev–Trinajstić information content (AvgIpc) is 3.56. The minimum atomic E-state index is 0.624. The molecule has 0 spiro atoms. The zero-order chi connectivity index (χ0) is 32.3. The molecule has 0 unspecified atom stereocenters. The first-order valence-corrected chi connectivity index (χ1v) is 16.4. The lowest BCUT2D eigenvalue weighted by atomic mass is 9.93. The third-order valence-corrected chi connectivity index (χ3v) is 9.52. The van der Waals surface area contributed by atoms with Crippen molar-refractivity contribution in [3.8, 4) is 45.3 Å². The monoisotopic (exact) mass is 625 g/mol. The number of fused-ring (bicyclic) bond motifs is 7. The van der Waals surface area contributed by atoms with Crippen LogP contribution in [0.4, 0.5) is 0 Å². The van der Waals surface area contributed by atoms with Crippen molar-refractivity contribution in [3.05, 3.63) is 164 Å². The van der Waals surface area contributed by atoms with Crippen molar-refractivity contribution in [1.29, 1.82) is 0 Å². The molecule has 0 N–H and O–H groups in total. The van der Waals surface area contributed by atoms with E-state index in [1.807, 2.05) is 30.3 Å². The fourth-order valence-corrected chi connectivity index (χ4v) is 7.17. The van der Waals surface area contributed by atoms with E-state index < -0.39 is 0 Å². The van der Waals surface area contributed by atoms with Gasteiger partial charge in [-0.05, 0) is 50.0 Å². The summed E-state index contributed by atoms with van der Waals surface area (Å²) in [7, 11) is 0. The van der Waals surface area contributed by atoms with Gasteiger partial charge in [0, 0.05) is 33.0 Å². The molecular weight excluding hydrogens is 599 g/mol. The second-order valence-corrected chi connectivity index (χ2v) is 12.4. The van der Waals surface area contributed by atoms with Crippen LogP contribution in [0.15, 0.2) is 168 Å². The standard InChI is InChI=1S/C45H27N3O/c1-2-12-30(13-3-1)43-46-44(31-23-21-29(22-24-31)35-18-10-19-38-36-17-8-9-20-40(36)49-42(35)38)48-45(47-43)41-34-16-7-5-14-32(34)27-39-33-15-6-4-11-28(33)25-26-37(39)41/h1-27H. The lowest BCUT2D eigenvalue weighted by molar-refractivity contribution is 0.670. The van der Waals surface area contributed by atoms with Gasteiger partial charge in [0.2, 0.25) is 0 Å². The molecule has 2 aromatic heterocycles. The minimum absolute atomic E-state index is 0.624. The SMILES string of the molecule is c1ccc(-c2nc(-c3ccc(-c4cccc5c4oc4ccccc45)cc3)nc(-c3c4ccccc4cc4c3ccc3ccccc34)n2)cc1. The van der Waals surface area contributed by atoms with Crippen molar-refractivity contribution >= 4 is 54.3 Å². The van der Waals surface area contributed by atoms with E-state index in [1.54, 1.807) is 0 Å². The molecule has 2 heterocycles. The van der Waals surface area contributed by atoms with Crippen molar-refractivity contribution in [2.45, 2.75) is 0 Å². The number of aromatic nitrogens is 3. The number of hydrogen-bond donors (Lipinski definition) is 0. The van der Waals surface area contributed by atoms with Crippen molar-refractivity contribution in [1.82, 2.24) is 15.0 Å². The second kappa shape index (κ2) is 11.0. The summed E-state index contributed by atoms with van der Waals surface area (Å²) in [5, 5.41) is 9.19. The molecular formula is C45H27N3O. The normalized spacial score (nSPS) is 11.7. The first-order valence-electron chi connectivity index (χ1n) is 16.4. The maximum atomic E-state index is 6.35. The van der Waals surface area contributed by atoms with E-state index in [1.165, 1.54) is 16.2 Å². The third kappa shape index (κ3) is 4.49. The highest BCUT2D eigenvalue weighted by molar-refractivity contribution is 6.19. The summed E-state index contributed by atoms with van der Waals surface area (Å²) in [6.07, 6.45) is 0. The Hall–Kier alpha value is -6.65. The number of nitrogens with zero attached hydrogens (tertiary/aromatic N) is 3. The molecule has 49 heavy (non-hydrogen) atoms. The molecule has 0 saturated carbocycles. The lowest BCUT2D eigenvalue weighted by Crippen LogP contribution is -2.01. The second-order valence-electron chi connectivity index (χ2n) is 12.4. The van der Waals surface area contributed by atoms with Crippen LogP contribution in [0.3, 0.4) is 0 Å². The Morgan fingerprint density at radius 1 is 0.347 bits per heavy atom. The van der Waals surface area contributed by atoms with Crippen LogP contribution >= 0.6 is 0 Å². The molecule has 0 amide bonds. The van der Waals surface area contributed by atoms with Gasteiger partial charge >= 0.3 is 0 Å². The van der Waals surface area contributed by atoms with Gasteiger partial charge in [0.15, 0.2) is 17.5 Å². The molecule has 0 atom stereocenters. The van der Waals surface area contributed by atoms with Crippen LogP contribution in [0.1, 0.15) is 0 Å². The molecule has 228 valence electrons. The van der Waals surface area contributed by atoms with Gasteiger partial charge < -0.3 is 4.42 Å². The van der Waals surface area contributed by atoms with Gasteiger partial charge in [-0.2, -0.15) is 0 Å². The minimum Gasteiger partial charge on any atom is -0.455 e. The molecule has 0 saturated heterocycles. The molecule has 0 bridgehead atoms. The van der Waals surface area contributed by atoms with Gasteiger partial charge in [0.1, 0.15) is 11.2 Å². The van der Waals surface area contributed by atoms with E-state index in [0.29, 0.717) is 17.5 Å². The van der Waals surface area contributed by atoms with Crippen LogP contribution in [-0.4, -0.2) is 15.0 Å². The van der Waals surface area contributed by atoms with Crippen LogP contribution in [-0.2, 0) is 0 Å². The fourth-order valence-electron chi connectivity index (χ4n) is 7.17. The molecule has 0 aliphatic carbocycles. The zero-order valence-electron chi connectivity index (χ0n) is 26.3. The highest BCUT2D eigenvalue weighted by atomic mass is 16.3. The summed E-state index contributed by atoms with van der Waals surface area (Å²) in [6.45, 7) is 0. The van der Waals surface area contributed by atoms with Crippen LogP contribution in [0.5, 0.6) is 0 Å². The van der Waals surface area contributed by atoms with E-state index in [2.05, 4.69) is 133 Å². The first kappa shape index (κ1) is 27.5. The van der Waals surface area contributed by atoms with Crippen LogP contribution < -0.4 is 0 Å². The Bertz CT molecular complexity index is 2870. The van der Waals surface area contributed by atoms with Gasteiger partial charge in [0.05, 0.1) is 0 Å². The van der Waals surface area contributed by atoms with Crippen LogP contribution in [0, 0.1) is 0 Å². The zero-order valence-corrected chi connectivity index (χ0v) is 26.3. The summed E-state index contributed by atoms with van der Waals surface area (Å²) in [4.78, 5) is 15.4. The van der Waals surface area contributed by atoms with Gasteiger partial charge in [-0.1, -0.05) is 152 Å². The maximum absolute atomic E-state index is 6.35. The summed E-state index contributed by atoms with van der Waals surface area (Å²) in [6, 6.07) is 56.9. The highest BCUT2D eigenvalue weighted by Gasteiger charge is 2.19. The molecule has 0 fully saturated rings. The number of furan rings is 1. The van der Waals surface area contributed by atoms with Crippen molar-refractivity contribution in [2.75, 3.05) is 0 Å². The Kier molecular flexibility index (Phi) is 6.15. The smallest absolute Gasteiger partial charge is 0.165 e. The van der Waals surface area contributed by atoms with Crippen LogP contribution in [0.25, 0.3) is 99.5 Å². The van der Waals surface area contributed by atoms with Crippen LogP contribution in [0.2, 0.25) is 0 Å². The summed E-state index contributed by atoms with van der Waals surface area (Å²) in [5.41, 5.74) is 6.76. The van der Waals surface area contributed by atoms with Gasteiger partial charge in [-0.25, -0.2) is 15.0 Å². The van der Waals surface area contributed by atoms with E-state index >= 15 is 0 Å². The molecule has 0 radical (unpaired) electrons. The summed E-state index contributed by atoms with van der Waals surface area (Å²) < 4.78 is 6.35. The van der Waals surface area contributed by atoms with Crippen molar-refractivity contribution in [2.24, 2.45) is 0 Å². The van der Waals surface area contributed by atoms with Gasteiger partial charge in [-0.3, -0.25) is 0 Å². The summed E-state index contributed by atoms with van der Waals surface area (Å²) in [5.74, 6) is 1.91. The molecule has 0 aliphatic rings. The van der Waals surface area contributed by atoms with Gasteiger partial charge in [-0.15, -0.1) is 0 Å². The molecule has 4 heteroatoms. The average molecular weight is 626 g/mol. The maximum Gasteiger partial charge on any atom is 0.165 e. The Morgan fingerprint density at radius 2 is 0.959 bits per heavy atom. The molecule has 10 rings (SSSR count).